The van der Waals surface area contributed by atoms with Crippen LogP contribution < -0.4 is 0 Å². The summed E-state index contributed by atoms with van der Waals surface area (Å²) in [5.41, 5.74) is 4.93. The van der Waals surface area contributed by atoms with Crippen LogP contribution >= 0.6 is 7.14 Å². The lowest BCUT2D eigenvalue weighted by Crippen LogP contribution is -2.19. The van der Waals surface area contributed by atoms with E-state index in [9.17, 15) is 9.67 Å². The molecule has 1 unspecified atom stereocenters. The molecule has 0 bridgehead atoms. The van der Waals surface area contributed by atoms with Crippen LogP contribution in [0.1, 0.15) is 11.4 Å². The van der Waals surface area contributed by atoms with Crippen LogP contribution in [0.15, 0.2) is 48.8 Å². The van der Waals surface area contributed by atoms with E-state index in [4.69, 9.17) is 0 Å². The first-order valence-corrected chi connectivity index (χ1v) is 14.5. The first-order valence-electron chi connectivity index (χ1n) is 8.87. The van der Waals surface area contributed by atoms with E-state index in [1.165, 1.54) is 0 Å². The largest absolute Gasteiger partial charge is 0.373 e. The fraction of sp³-hybridized carbons (Fsp3) is 0.400. The average Bonchev–Trinajstić information content (AvgIpc) is 2.64. The maximum absolute atomic E-state index is 13.6. The van der Waals surface area contributed by atoms with Crippen molar-refractivity contribution in [3.05, 3.63) is 60.2 Å². The molecule has 6 heteroatoms. The maximum Gasteiger partial charge on any atom is 0.166 e. The summed E-state index contributed by atoms with van der Waals surface area (Å²) in [6, 6.07) is 11.4. The molecule has 1 N–H and O–H groups in total. The Morgan fingerprint density at radius 2 is 1.50 bits per heavy atom. The Hall–Kier alpha value is -1.73. The van der Waals surface area contributed by atoms with Crippen LogP contribution in [0.2, 0.25) is 19.6 Å². The highest BCUT2D eigenvalue weighted by molar-refractivity contribution is 7.64. The number of aliphatic hydroxyl groups excluding tert-OH is 1. The van der Waals surface area contributed by atoms with E-state index in [1.54, 1.807) is 12.4 Å². The van der Waals surface area contributed by atoms with Gasteiger partial charge in [-0.3, -0.25) is 9.97 Å². The number of rotatable bonds is 7. The van der Waals surface area contributed by atoms with Gasteiger partial charge in [-0.15, -0.1) is 5.54 Å². The summed E-state index contributed by atoms with van der Waals surface area (Å²) in [7, 11) is -4.54. The Bertz CT molecular complexity index is 748. The minimum atomic E-state index is -2.90. The van der Waals surface area contributed by atoms with Gasteiger partial charge in [-0.1, -0.05) is 37.7 Å². The van der Waals surface area contributed by atoms with Gasteiger partial charge in [-0.25, -0.2) is 0 Å². The SMILES string of the molecule is C[Si](C)(C)C#CC(O)P(=O)(CCc1ccccn1)CCc1ccccn1. The first-order chi connectivity index (χ1) is 12.3. The topological polar surface area (TPSA) is 63.1 Å². The van der Waals surface area contributed by atoms with E-state index >= 15 is 0 Å². The van der Waals surface area contributed by atoms with Gasteiger partial charge < -0.3 is 9.67 Å². The van der Waals surface area contributed by atoms with Crippen molar-refractivity contribution in [2.24, 2.45) is 0 Å². The average molecular weight is 387 g/mol. The third-order valence-electron chi connectivity index (χ3n) is 3.97. The maximum atomic E-state index is 13.6. The van der Waals surface area contributed by atoms with Crippen LogP contribution in [0.4, 0.5) is 0 Å². The van der Waals surface area contributed by atoms with Crippen molar-refractivity contribution in [2.75, 3.05) is 12.3 Å². The van der Waals surface area contributed by atoms with Gasteiger partial charge in [0.1, 0.15) is 15.2 Å². The Labute approximate surface area is 157 Å². The smallest absolute Gasteiger partial charge is 0.166 e. The number of hydrogen-bond donors (Lipinski definition) is 1. The van der Waals surface area contributed by atoms with Crippen molar-refractivity contribution in [3.8, 4) is 11.5 Å². The predicted octanol–water partition coefficient (Wildman–Crippen LogP) is 3.82. The second-order valence-electron chi connectivity index (χ2n) is 7.43. The molecule has 0 fully saturated rings. The standard InChI is InChI=1S/C20H27N2O2PSi/c1-26(2,3)17-12-20(23)25(24,15-10-18-8-4-6-13-21-18)16-11-19-9-5-7-14-22-19/h4-9,13-14,20,23H,10-11,15-16H2,1-3H3. The number of pyridine rings is 2. The molecule has 2 rings (SSSR count). The predicted molar refractivity (Wildman–Crippen MR) is 110 cm³/mol. The van der Waals surface area contributed by atoms with Gasteiger partial charge in [0.2, 0.25) is 0 Å². The van der Waals surface area contributed by atoms with Crippen LogP contribution in [0.25, 0.3) is 0 Å². The first kappa shape index (κ1) is 20.6. The van der Waals surface area contributed by atoms with Crippen molar-refractivity contribution in [1.82, 2.24) is 9.97 Å². The summed E-state index contributed by atoms with van der Waals surface area (Å²) in [6.07, 6.45) is 5.42. The zero-order valence-electron chi connectivity index (χ0n) is 15.7. The molecular weight excluding hydrogens is 359 g/mol. The molecule has 0 aliphatic heterocycles. The third kappa shape index (κ3) is 6.88. The van der Waals surface area contributed by atoms with E-state index < -0.39 is 21.1 Å². The summed E-state index contributed by atoms with van der Waals surface area (Å²) in [5, 5.41) is 10.6. The van der Waals surface area contributed by atoms with Crippen LogP contribution in [0, 0.1) is 11.5 Å². The van der Waals surface area contributed by atoms with Gasteiger partial charge in [0, 0.05) is 36.1 Å². The van der Waals surface area contributed by atoms with Crippen molar-refractivity contribution in [3.63, 3.8) is 0 Å². The lowest BCUT2D eigenvalue weighted by molar-refractivity contribution is 0.300. The molecule has 2 aromatic rings. The molecule has 2 aromatic heterocycles. The lowest BCUT2D eigenvalue weighted by atomic mass is 10.3. The second kappa shape index (κ2) is 9.28. The van der Waals surface area contributed by atoms with Crippen LogP contribution in [0.5, 0.6) is 0 Å². The number of aryl methyl sites for hydroxylation is 2. The van der Waals surface area contributed by atoms with Gasteiger partial charge in [-0.05, 0) is 37.1 Å². The van der Waals surface area contributed by atoms with Crippen molar-refractivity contribution >= 4 is 15.2 Å². The molecule has 1 atom stereocenters. The second-order valence-corrected chi connectivity index (χ2v) is 15.5. The molecule has 4 nitrogen and oxygen atoms in total. The zero-order chi connectivity index (χ0) is 19.0. The highest BCUT2D eigenvalue weighted by Crippen LogP contribution is 2.50. The fourth-order valence-electron chi connectivity index (χ4n) is 2.45. The molecule has 138 valence electrons. The highest BCUT2D eigenvalue weighted by Gasteiger charge is 2.30. The van der Waals surface area contributed by atoms with Crippen molar-refractivity contribution < 1.29 is 9.67 Å². The molecule has 0 amide bonds. The Morgan fingerprint density at radius 1 is 1.00 bits per heavy atom. The monoisotopic (exact) mass is 386 g/mol. The van der Waals surface area contributed by atoms with Crippen LogP contribution in [-0.2, 0) is 17.4 Å². The van der Waals surface area contributed by atoms with Gasteiger partial charge in [0.15, 0.2) is 5.85 Å². The van der Waals surface area contributed by atoms with Gasteiger partial charge >= 0.3 is 0 Å². The Morgan fingerprint density at radius 3 is 1.88 bits per heavy atom. The summed E-state index contributed by atoms with van der Waals surface area (Å²) in [6.45, 7) is 6.33. The van der Waals surface area contributed by atoms with E-state index in [1.807, 2.05) is 36.4 Å². The van der Waals surface area contributed by atoms with E-state index in [0.29, 0.717) is 25.2 Å². The van der Waals surface area contributed by atoms with Crippen molar-refractivity contribution in [2.45, 2.75) is 38.3 Å². The van der Waals surface area contributed by atoms with E-state index in [0.717, 1.165) is 11.4 Å². The quantitative estimate of drug-likeness (QED) is 0.446. The van der Waals surface area contributed by atoms with Crippen molar-refractivity contribution in [1.29, 1.82) is 0 Å². The minimum absolute atomic E-state index is 0.401. The minimum Gasteiger partial charge on any atom is -0.373 e. The summed E-state index contributed by atoms with van der Waals surface area (Å²) < 4.78 is 13.6. The van der Waals surface area contributed by atoms with E-state index in [-0.39, 0.29) is 0 Å². The highest BCUT2D eigenvalue weighted by atomic mass is 31.2. The molecule has 0 aromatic carbocycles. The summed E-state index contributed by atoms with van der Waals surface area (Å²) in [4.78, 5) is 8.60. The number of aliphatic hydroxyl groups is 1. The summed E-state index contributed by atoms with van der Waals surface area (Å²) in [5.74, 6) is 1.82. The zero-order valence-corrected chi connectivity index (χ0v) is 17.6. The molecule has 2 heterocycles. The molecular formula is C20H27N2O2PSi. The van der Waals surface area contributed by atoms with E-state index in [2.05, 4.69) is 41.1 Å². The molecule has 0 aliphatic carbocycles. The normalized spacial score (nSPS) is 12.9. The fourth-order valence-corrected chi connectivity index (χ4v) is 5.37. The Balaban J connectivity index is 2.15. The summed E-state index contributed by atoms with van der Waals surface area (Å²) >= 11 is 0. The van der Waals surface area contributed by atoms with Gasteiger partial charge in [0.25, 0.3) is 0 Å². The number of aromatic nitrogens is 2. The number of hydrogen-bond acceptors (Lipinski definition) is 4. The lowest BCUT2D eigenvalue weighted by Gasteiger charge is -2.21. The molecule has 0 saturated carbocycles. The molecule has 0 spiro atoms. The molecule has 26 heavy (non-hydrogen) atoms. The molecule has 0 saturated heterocycles. The number of nitrogens with zero attached hydrogens (tertiary/aromatic N) is 2. The molecule has 0 aliphatic rings. The van der Waals surface area contributed by atoms with Crippen LogP contribution in [0.3, 0.4) is 0 Å². The van der Waals surface area contributed by atoms with Gasteiger partial charge in [-0.2, -0.15) is 0 Å². The third-order valence-corrected chi connectivity index (χ3v) is 7.84. The van der Waals surface area contributed by atoms with Gasteiger partial charge in [0.05, 0.1) is 0 Å². The van der Waals surface area contributed by atoms with Crippen LogP contribution in [-0.4, -0.2) is 41.3 Å². The molecule has 0 radical (unpaired) electrons. The Kier molecular flexibility index (Phi) is 7.34.